The Morgan fingerprint density at radius 2 is 1.97 bits per heavy atom. The summed E-state index contributed by atoms with van der Waals surface area (Å²) < 4.78 is 17.6. The van der Waals surface area contributed by atoms with Gasteiger partial charge < -0.3 is 4.57 Å². The van der Waals surface area contributed by atoms with E-state index >= 15 is 0 Å². The molecule has 0 spiro atoms. The fraction of sp³-hybridized carbons (Fsp3) is 0.273. The molecule has 1 aliphatic heterocycles. The largest absolute Gasteiger partial charge is 0.324 e. The van der Waals surface area contributed by atoms with Gasteiger partial charge in [-0.05, 0) is 43.5 Å². The Labute approximate surface area is 167 Å². The third-order valence-corrected chi connectivity index (χ3v) is 6.08. The zero-order valence-corrected chi connectivity index (χ0v) is 16.0. The second-order valence-corrected chi connectivity index (χ2v) is 7.90. The van der Waals surface area contributed by atoms with Crippen LogP contribution < -0.4 is 0 Å². The minimum atomic E-state index is -0.343. The van der Waals surface area contributed by atoms with E-state index in [1.165, 1.54) is 25.1 Å². The van der Waals surface area contributed by atoms with Gasteiger partial charge in [-0.1, -0.05) is 0 Å². The summed E-state index contributed by atoms with van der Waals surface area (Å²) in [6.07, 6.45) is 10.4. The molecule has 4 aromatic rings. The molecule has 144 valence electrons. The molecule has 1 fully saturated rings. The first-order valence-electron chi connectivity index (χ1n) is 9.87. The highest BCUT2D eigenvalue weighted by Crippen LogP contribution is 2.52. The van der Waals surface area contributed by atoms with Crippen LogP contribution in [0.5, 0.6) is 0 Å². The third-order valence-electron chi connectivity index (χ3n) is 6.08. The molecule has 2 aliphatic rings. The van der Waals surface area contributed by atoms with Gasteiger partial charge >= 0.3 is 0 Å². The predicted octanol–water partition coefficient (Wildman–Crippen LogP) is 4.37. The Balaban J connectivity index is 1.56. The lowest BCUT2D eigenvalue weighted by atomic mass is 10.1. The zero-order valence-electron chi connectivity index (χ0n) is 16.0. The van der Waals surface area contributed by atoms with Crippen LogP contribution in [-0.2, 0) is 7.05 Å². The minimum Gasteiger partial charge on any atom is -0.324 e. The van der Waals surface area contributed by atoms with Gasteiger partial charge in [-0.2, -0.15) is 5.10 Å². The van der Waals surface area contributed by atoms with Crippen molar-refractivity contribution in [2.45, 2.75) is 31.2 Å². The van der Waals surface area contributed by atoms with Crippen molar-refractivity contribution >= 4 is 0 Å². The fourth-order valence-electron chi connectivity index (χ4n) is 4.79. The molecule has 0 unspecified atom stereocenters. The highest BCUT2D eigenvalue weighted by Gasteiger charge is 2.41. The fourth-order valence-corrected chi connectivity index (χ4v) is 4.79. The molecule has 6 rings (SSSR count). The summed E-state index contributed by atoms with van der Waals surface area (Å²) in [5.41, 5.74) is 5.46. The van der Waals surface area contributed by atoms with E-state index in [2.05, 4.69) is 25.7 Å². The highest BCUT2D eigenvalue weighted by molar-refractivity contribution is 5.80. The molecule has 5 heterocycles. The number of pyridine rings is 2. The molecule has 1 saturated carbocycles. The van der Waals surface area contributed by atoms with Crippen molar-refractivity contribution in [2.24, 2.45) is 7.05 Å². The summed E-state index contributed by atoms with van der Waals surface area (Å²) in [5, 5.41) is 4.26. The number of hydrogen-bond acceptors (Lipinski definition) is 4. The topological polar surface area (TPSA) is 61.4 Å². The van der Waals surface area contributed by atoms with Crippen LogP contribution in [-0.4, -0.2) is 29.3 Å². The Morgan fingerprint density at radius 1 is 1.03 bits per heavy atom. The Morgan fingerprint density at radius 3 is 2.76 bits per heavy atom. The van der Waals surface area contributed by atoms with Crippen LogP contribution in [0.15, 0.2) is 49.1 Å². The first kappa shape index (κ1) is 16.6. The maximum Gasteiger partial charge on any atom is 0.141 e. The van der Waals surface area contributed by atoms with Gasteiger partial charge in [0, 0.05) is 42.5 Å². The van der Waals surface area contributed by atoms with Crippen LogP contribution >= 0.6 is 0 Å². The monoisotopic (exact) mass is 386 g/mol. The lowest BCUT2D eigenvalue weighted by Crippen LogP contribution is -2.08. The van der Waals surface area contributed by atoms with Crippen LogP contribution in [0.3, 0.4) is 0 Å². The molecule has 1 aliphatic carbocycles. The second-order valence-electron chi connectivity index (χ2n) is 7.90. The molecule has 0 radical (unpaired) electrons. The smallest absolute Gasteiger partial charge is 0.141 e. The average molecular weight is 386 g/mol. The molecule has 0 N–H and O–H groups in total. The number of rotatable bonds is 3. The average Bonchev–Trinajstić information content (AvgIpc) is 3.50. The summed E-state index contributed by atoms with van der Waals surface area (Å²) in [6.45, 7) is 0. The number of aryl methyl sites for hydroxylation is 1. The van der Waals surface area contributed by atoms with Crippen molar-refractivity contribution in [3.8, 4) is 33.9 Å². The van der Waals surface area contributed by atoms with Crippen molar-refractivity contribution in [3.05, 3.63) is 60.7 Å². The maximum absolute atomic E-state index is 13.5. The molecule has 7 heteroatoms. The molecule has 29 heavy (non-hydrogen) atoms. The third kappa shape index (κ3) is 2.53. The summed E-state index contributed by atoms with van der Waals surface area (Å²) in [6, 6.07) is 7.73. The Hall–Kier alpha value is -3.35. The van der Waals surface area contributed by atoms with E-state index in [1.807, 2.05) is 31.7 Å². The quantitative estimate of drug-likeness (QED) is 0.525. The van der Waals surface area contributed by atoms with Crippen LogP contribution in [0.1, 0.15) is 37.0 Å². The van der Waals surface area contributed by atoms with Crippen LogP contribution in [0.4, 0.5) is 4.39 Å². The van der Waals surface area contributed by atoms with Gasteiger partial charge in [-0.15, -0.1) is 0 Å². The summed E-state index contributed by atoms with van der Waals surface area (Å²) in [4.78, 5) is 13.9. The normalized spacial score (nSPS) is 19.7. The molecule has 0 saturated heterocycles. The first-order valence-corrected chi connectivity index (χ1v) is 9.87. The van der Waals surface area contributed by atoms with Gasteiger partial charge in [0.2, 0.25) is 0 Å². The standard InChI is InChI=1S/C22H19FN6/c1-28-12-15(10-26-28)19-9-13(6-7-24-19)21-20(18-5-3-16(23)11-25-18)27-22-14-2-4-17(8-14)29(21)22/h3,5-7,9-12,14,17H,2,4,8H2,1H3/t14-,17+/m0/s1. The molecule has 2 bridgehead atoms. The lowest BCUT2D eigenvalue weighted by molar-refractivity contribution is 0.530. The number of halogens is 1. The lowest BCUT2D eigenvalue weighted by Gasteiger charge is -2.17. The molecule has 0 amide bonds. The highest BCUT2D eigenvalue weighted by atomic mass is 19.1. The Bertz CT molecular complexity index is 1220. The van der Waals surface area contributed by atoms with E-state index in [0.29, 0.717) is 17.7 Å². The summed E-state index contributed by atoms with van der Waals surface area (Å²) in [7, 11) is 1.90. The molecule has 4 aromatic heterocycles. The molecular weight excluding hydrogens is 367 g/mol. The van der Waals surface area contributed by atoms with E-state index in [4.69, 9.17) is 4.98 Å². The molecule has 0 aromatic carbocycles. The van der Waals surface area contributed by atoms with Gasteiger partial charge in [-0.3, -0.25) is 14.6 Å². The van der Waals surface area contributed by atoms with E-state index in [0.717, 1.165) is 40.5 Å². The van der Waals surface area contributed by atoms with E-state index in [-0.39, 0.29) is 5.82 Å². The van der Waals surface area contributed by atoms with E-state index in [1.54, 1.807) is 10.7 Å². The van der Waals surface area contributed by atoms with Crippen molar-refractivity contribution in [1.82, 2.24) is 29.3 Å². The molecule has 2 atom stereocenters. The van der Waals surface area contributed by atoms with Crippen LogP contribution in [0.2, 0.25) is 0 Å². The first-order chi connectivity index (χ1) is 14.2. The van der Waals surface area contributed by atoms with Gasteiger partial charge in [0.1, 0.15) is 17.3 Å². The van der Waals surface area contributed by atoms with E-state index in [9.17, 15) is 4.39 Å². The van der Waals surface area contributed by atoms with Gasteiger partial charge in [0.15, 0.2) is 0 Å². The summed E-state index contributed by atoms with van der Waals surface area (Å²) >= 11 is 0. The van der Waals surface area contributed by atoms with E-state index < -0.39 is 0 Å². The number of aromatic nitrogens is 6. The van der Waals surface area contributed by atoms with Crippen molar-refractivity contribution in [1.29, 1.82) is 0 Å². The van der Waals surface area contributed by atoms with Gasteiger partial charge in [0.25, 0.3) is 0 Å². The predicted molar refractivity (Wildman–Crippen MR) is 106 cm³/mol. The van der Waals surface area contributed by atoms with Crippen molar-refractivity contribution in [3.63, 3.8) is 0 Å². The number of fused-ring (bicyclic) bond motifs is 5. The van der Waals surface area contributed by atoms with Gasteiger partial charge in [-0.25, -0.2) is 9.37 Å². The van der Waals surface area contributed by atoms with Crippen LogP contribution in [0.25, 0.3) is 33.9 Å². The van der Waals surface area contributed by atoms with Crippen molar-refractivity contribution < 1.29 is 4.39 Å². The molecule has 6 nitrogen and oxygen atoms in total. The number of nitrogens with zero attached hydrogens (tertiary/aromatic N) is 6. The number of imidazole rings is 1. The minimum absolute atomic E-state index is 0.343. The number of hydrogen-bond donors (Lipinski definition) is 0. The zero-order chi connectivity index (χ0) is 19.5. The SMILES string of the molecule is Cn1cc(-c2cc(-c3c(-c4ccc(F)cn4)nc4n3[C@@H]3CC[C@H]4C3)ccn2)cn1. The molecular formula is C22H19FN6. The van der Waals surface area contributed by atoms with Gasteiger partial charge in [0.05, 0.1) is 29.5 Å². The summed E-state index contributed by atoms with van der Waals surface area (Å²) in [5.74, 6) is 1.30. The van der Waals surface area contributed by atoms with Crippen LogP contribution in [0, 0.1) is 5.82 Å². The van der Waals surface area contributed by atoms with Crippen molar-refractivity contribution in [2.75, 3.05) is 0 Å². The Kier molecular flexibility index (Phi) is 3.47. The second kappa shape index (κ2) is 6.07. The maximum atomic E-state index is 13.5.